The molecule has 2 aromatic rings. The van der Waals surface area contributed by atoms with Crippen molar-refractivity contribution < 1.29 is 9.90 Å². The van der Waals surface area contributed by atoms with E-state index in [1.807, 2.05) is 42.3 Å². The van der Waals surface area contributed by atoms with Crippen LogP contribution in [0.5, 0.6) is 0 Å². The Hall–Kier alpha value is -2.70. The minimum Gasteiger partial charge on any atom is -0.478 e. The summed E-state index contributed by atoms with van der Waals surface area (Å²) < 4.78 is 0. The number of carbonyl (C=O) groups is 1. The minimum absolute atomic E-state index is 0.267. The lowest BCUT2D eigenvalue weighted by Crippen LogP contribution is -2.40. The van der Waals surface area contributed by atoms with Gasteiger partial charge in [-0.3, -0.25) is 5.01 Å². The molecule has 0 radical (unpaired) electrons. The molecule has 7 heteroatoms. The third-order valence-electron chi connectivity index (χ3n) is 4.48. The molecule has 4 rings (SSSR count). The molecule has 2 aromatic carbocycles. The summed E-state index contributed by atoms with van der Waals surface area (Å²) in [5, 5.41) is 12.1. The van der Waals surface area contributed by atoms with Crippen LogP contribution in [0.3, 0.4) is 0 Å². The lowest BCUT2D eigenvalue weighted by molar-refractivity contribution is 0.0697. The van der Waals surface area contributed by atoms with Gasteiger partial charge in [0.25, 0.3) is 0 Å². The highest BCUT2D eigenvalue weighted by atomic mass is 35.5. The predicted octanol–water partition coefficient (Wildman–Crippen LogP) is 3.20. The van der Waals surface area contributed by atoms with Crippen molar-refractivity contribution in [2.45, 2.75) is 6.92 Å². The summed E-state index contributed by atoms with van der Waals surface area (Å²) in [6.07, 6.45) is 0. The van der Waals surface area contributed by atoms with Crippen LogP contribution in [0.2, 0.25) is 5.02 Å². The van der Waals surface area contributed by atoms with Crippen LogP contribution in [0.1, 0.15) is 22.8 Å². The van der Waals surface area contributed by atoms with E-state index in [0.717, 1.165) is 34.9 Å². The van der Waals surface area contributed by atoms with Crippen molar-refractivity contribution in [1.29, 1.82) is 0 Å². The number of anilines is 2. The van der Waals surface area contributed by atoms with Gasteiger partial charge in [0.05, 0.1) is 29.2 Å². The predicted molar refractivity (Wildman–Crippen MR) is 97.4 cm³/mol. The summed E-state index contributed by atoms with van der Waals surface area (Å²) in [4.78, 5) is 13.6. The van der Waals surface area contributed by atoms with E-state index < -0.39 is 5.97 Å². The standard InChI is InChI=1S/C18H17ClN4O2/c1-11-17-15-7-2-12(18(24)25)10-16(15)22(8-9-23(17)21-20-11)14-5-3-13(19)4-6-14/h2-7,10,20-21H,8-9H2,1H3,(H,24,25). The number of carboxylic acids is 1. The number of nitrogens with one attached hydrogen (secondary N) is 2. The number of fused-ring (bicyclic) bond motifs is 3. The molecule has 2 aliphatic heterocycles. The highest BCUT2D eigenvalue weighted by molar-refractivity contribution is 6.30. The molecule has 2 heterocycles. The average Bonchev–Trinajstić information content (AvgIpc) is 2.88. The molecule has 128 valence electrons. The van der Waals surface area contributed by atoms with Crippen molar-refractivity contribution >= 4 is 34.6 Å². The second-order valence-electron chi connectivity index (χ2n) is 6.03. The van der Waals surface area contributed by atoms with Crippen molar-refractivity contribution in [2.75, 3.05) is 18.0 Å². The van der Waals surface area contributed by atoms with Gasteiger partial charge in [0.1, 0.15) is 0 Å². The number of halogens is 1. The molecule has 3 N–H and O–H groups in total. The number of benzene rings is 2. The van der Waals surface area contributed by atoms with E-state index in [4.69, 9.17) is 11.6 Å². The summed E-state index contributed by atoms with van der Waals surface area (Å²) in [5.74, 6) is -0.937. The van der Waals surface area contributed by atoms with Crippen molar-refractivity contribution in [1.82, 2.24) is 16.0 Å². The number of aromatic carboxylic acids is 1. The second-order valence-corrected chi connectivity index (χ2v) is 6.46. The maximum atomic E-state index is 11.5. The van der Waals surface area contributed by atoms with Gasteiger partial charge in [0.2, 0.25) is 0 Å². The number of rotatable bonds is 2. The molecule has 0 aromatic heterocycles. The van der Waals surface area contributed by atoms with Crippen molar-refractivity contribution in [3.63, 3.8) is 0 Å². The van der Waals surface area contributed by atoms with Gasteiger partial charge in [-0.2, -0.15) is 0 Å². The normalized spacial score (nSPS) is 16.2. The fourth-order valence-electron chi connectivity index (χ4n) is 3.28. The van der Waals surface area contributed by atoms with Crippen LogP contribution < -0.4 is 15.9 Å². The Balaban J connectivity index is 1.91. The number of carboxylic acid groups (broad SMARTS) is 1. The van der Waals surface area contributed by atoms with Crippen LogP contribution in [-0.4, -0.2) is 29.2 Å². The zero-order valence-electron chi connectivity index (χ0n) is 13.6. The highest BCUT2D eigenvalue weighted by Crippen LogP contribution is 2.39. The molecule has 0 unspecified atom stereocenters. The SMILES string of the molecule is CC1=C2c3ccc(C(=O)O)cc3N(c3ccc(Cl)cc3)CCN2NN1. The van der Waals surface area contributed by atoms with E-state index in [9.17, 15) is 9.90 Å². The van der Waals surface area contributed by atoms with E-state index in [2.05, 4.69) is 15.9 Å². The van der Waals surface area contributed by atoms with Crippen molar-refractivity contribution in [3.8, 4) is 0 Å². The summed E-state index contributed by atoms with van der Waals surface area (Å²) in [7, 11) is 0. The third kappa shape index (κ3) is 2.69. The lowest BCUT2D eigenvalue weighted by atomic mass is 10.0. The Kier molecular flexibility index (Phi) is 3.78. The Bertz CT molecular complexity index is 879. The minimum atomic E-state index is -0.937. The van der Waals surface area contributed by atoms with E-state index in [0.29, 0.717) is 11.6 Å². The fourth-order valence-corrected chi connectivity index (χ4v) is 3.41. The molecule has 2 aliphatic rings. The van der Waals surface area contributed by atoms with Crippen molar-refractivity contribution in [3.05, 3.63) is 64.3 Å². The van der Waals surface area contributed by atoms with Crippen LogP contribution in [-0.2, 0) is 0 Å². The van der Waals surface area contributed by atoms with Crippen LogP contribution >= 0.6 is 11.6 Å². The Morgan fingerprint density at radius 1 is 1.16 bits per heavy atom. The molecule has 0 aliphatic carbocycles. The van der Waals surface area contributed by atoms with E-state index in [-0.39, 0.29) is 5.56 Å². The van der Waals surface area contributed by atoms with Gasteiger partial charge < -0.3 is 15.4 Å². The summed E-state index contributed by atoms with van der Waals surface area (Å²) in [6, 6.07) is 12.8. The van der Waals surface area contributed by atoms with Crippen LogP contribution in [0.25, 0.3) is 5.70 Å². The zero-order valence-corrected chi connectivity index (χ0v) is 14.3. The third-order valence-corrected chi connectivity index (χ3v) is 4.73. The Morgan fingerprint density at radius 2 is 1.92 bits per heavy atom. The number of hydrazine groups is 2. The smallest absolute Gasteiger partial charge is 0.335 e. The molecular formula is C18H17ClN4O2. The van der Waals surface area contributed by atoms with Crippen LogP contribution in [0, 0.1) is 0 Å². The van der Waals surface area contributed by atoms with Gasteiger partial charge in [0, 0.05) is 22.8 Å². The molecule has 0 fully saturated rings. The number of hydrogen-bond acceptors (Lipinski definition) is 5. The largest absolute Gasteiger partial charge is 0.478 e. The number of allylic oxidation sites excluding steroid dienone is 1. The first-order chi connectivity index (χ1) is 12.0. The van der Waals surface area contributed by atoms with Crippen LogP contribution in [0.15, 0.2) is 48.2 Å². The van der Waals surface area contributed by atoms with Gasteiger partial charge in [-0.25, -0.2) is 4.79 Å². The van der Waals surface area contributed by atoms with E-state index >= 15 is 0 Å². The first kappa shape index (κ1) is 15.8. The average molecular weight is 357 g/mol. The Morgan fingerprint density at radius 3 is 2.64 bits per heavy atom. The highest BCUT2D eigenvalue weighted by Gasteiger charge is 2.29. The second kappa shape index (κ2) is 5.98. The molecule has 25 heavy (non-hydrogen) atoms. The summed E-state index contributed by atoms with van der Waals surface area (Å²) in [5.41, 5.74) is 11.4. The molecule has 0 bridgehead atoms. The molecule has 0 amide bonds. The summed E-state index contributed by atoms with van der Waals surface area (Å²) in [6.45, 7) is 3.43. The van der Waals surface area contributed by atoms with Gasteiger partial charge in [-0.05, 0) is 49.4 Å². The molecule has 0 spiro atoms. The first-order valence-corrected chi connectivity index (χ1v) is 8.33. The first-order valence-electron chi connectivity index (χ1n) is 7.95. The van der Waals surface area contributed by atoms with E-state index in [1.54, 1.807) is 12.1 Å². The summed E-state index contributed by atoms with van der Waals surface area (Å²) >= 11 is 6.02. The Labute approximate surface area is 150 Å². The molecule has 0 saturated carbocycles. The van der Waals surface area contributed by atoms with Gasteiger partial charge in [-0.1, -0.05) is 11.6 Å². The van der Waals surface area contributed by atoms with Crippen molar-refractivity contribution in [2.24, 2.45) is 0 Å². The monoisotopic (exact) mass is 356 g/mol. The quantitative estimate of drug-likeness (QED) is 0.767. The maximum absolute atomic E-state index is 11.5. The van der Waals surface area contributed by atoms with E-state index in [1.165, 1.54) is 0 Å². The lowest BCUT2D eigenvalue weighted by Gasteiger charge is -2.25. The number of hydrogen-bond donors (Lipinski definition) is 3. The van der Waals surface area contributed by atoms with Crippen LogP contribution in [0.4, 0.5) is 11.4 Å². The molecule has 0 saturated heterocycles. The van der Waals surface area contributed by atoms with Gasteiger partial charge >= 0.3 is 5.97 Å². The molecular weight excluding hydrogens is 340 g/mol. The fraction of sp³-hybridized carbons (Fsp3) is 0.167. The van der Waals surface area contributed by atoms with Gasteiger partial charge in [0.15, 0.2) is 0 Å². The zero-order chi connectivity index (χ0) is 17.6. The topological polar surface area (TPSA) is 67.8 Å². The molecule has 6 nitrogen and oxygen atoms in total. The van der Waals surface area contributed by atoms with Gasteiger partial charge in [-0.15, -0.1) is 5.53 Å². The maximum Gasteiger partial charge on any atom is 0.335 e. The molecule has 0 atom stereocenters. The number of nitrogens with zero attached hydrogens (tertiary/aromatic N) is 2.